The van der Waals surface area contributed by atoms with Crippen LogP contribution in [0.3, 0.4) is 0 Å². The molecule has 0 aliphatic heterocycles. The van der Waals surface area contributed by atoms with Gasteiger partial charge in [0.2, 0.25) is 0 Å². The highest BCUT2D eigenvalue weighted by atomic mass is 15.1. The molecule has 1 aromatic carbocycles. The van der Waals surface area contributed by atoms with Crippen LogP contribution in [0.1, 0.15) is 37.2 Å². The van der Waals surface area contributed by atoms with Crippen molar-refractivity contribution in [1.29, 1.82) is 0 Å². The van der Waals surface area contributed by atoms with Gasteiger partial charge >= 0.3 is 0 Å². The lowest BCUT2D eigenvalue weighted by Crippen LogP contribution is -2.36. The van der Waals surface area contributed by atoms with Gasteiger partial charge in [-0.1, -0.05) is 43.2 Å². The van der Waals surface area contributed by atoms with Crippen molar-refractivity contribution in [3.63, 3.8) is 0 Å². The first-order valence-electron chi connectivity index (χ1n) is 6.00. The first-order valence-corrected chi connectivity index (χ1v) is 6.00. The molecule has 2 rings (SSSR count). The van der Waals surface area contributed by atoms with E-state index in [0.717, 1.165) is 12.0 Å². The van der Waals surface area contributed by atoms with Crippen molar-refractivity contribution >= 4 is 0 Å². The van der Waals surface area contributed by atoms with Gasteiger partial charge in [0.05, 0.1) is 0 Å². The zero-order valence-electron chi connectivity index (χ0n) is 9.82. The third-order valence-electron chi connectivity index (χ3n) is 3.62. The molecule has 0 bridgehead atoms. The van der Waals surface area contributed by atoms with Crippen LogP contribution >= 0.6 is 0 Å². The lowest BCUT2D eigenvalue weighted by Gasteiger charge is -2.36. The van der Waals surface area contributed by atoms with Gasteiger partial charge in [0, 0.05) is 6.04 Å². The summed E-state index contributed by atoms with van der Waals surface area (Å²) in [4.78, 5) is 2.40. The smallest absolute Gasteiger partial charge is 0.0158 e. The molecule has 1 aromatic rings. The van der Waals surface area contributed by atoms with Crippen LogP contribution in [0.2, 0.25) is 0 Å². The molecule has 1 heteroatoms. The Kier molecular flexibility index (Phi) is 3.42. The minimum Gasteiger partial charge on any atom is -0.306 e. The summed E-state index contributed by atoms with van der Waals surface area (Å²) < 4.78 is 0. The van der Waals surface area contributed by atoms with E-state index in [-0.39, 0.29) is 0 Å². The van der Waals surface area contributed by atoms with Gasteiger partial charge in [-0.2, -0.15) is 0 Å². The van der Waals surface area contributed by atoms with Gasteiger partial charge in [0.15, 0.2) is 0 Å². The van der Waals surface area contributed by atoms with Crippen LogP contribution in [0.25, 0.3) is 0 Å². The number of nitrogens with zero attached hydrogens (tertiary/aromatic N) is 1. The second-order valence-electron chi connectivity index (χ2n) is 4.83. The van der Waals surface area contributed by atoms with Gasteiger partial charge in [-0.3, -0.25) is 0 Å². The van der Waals surface area contributed by atoms with Gasteiger partial charge in [-0.15, -0.1) is 0 Å². The number of likely N-dealkylation sites (N-methyl/N-ethyl adjacent to an activating group) is 1. The molecule has 0 saturated heterocycles. The number of benzene rings is 1. The SMILES string of the molecule is CN(C)[C@@H]1CCCC[C@H]1c1ccccc1. The predicted molar refractivity (Wildman–Crippen MR) is 65.1 cm³/mol. The summed E-state index contributed by atoms with van der Waals surface area (Å²) in [5, 5.41) is 0. The molecule has 0 radical (unpaired) electrons. The second kappa shape index (κ2) is 4.80. The predicted octanol–water partition coefficient (Wildman–Crippen LogP) is 3.27. The van der Waals surface area contributed by atoms with Crippen LogP contribution in [0, 0.1) is 0 Å². The fourth-order valence-electron chi connectivity index (χ4n) is 2.82. The summed E-state index contributed by atoms with van der Waals surface area (Å²) in [6.45, 7) is 0. The Labute approximate surface area is 93.1 Å². The van der Waals surface area contributed by atoms with Gasteiger partial charge in [-0.25, -0.2) is 0 Å². The summed E-state index contributed by atoms with van der Waals surface area (Å²) in [5.74, 6) is 0.745. The van der Waals surface area contributed by atoms with Crippen molar-refractivity contribution in [1.82, 2.24) is 4.90 Å². The van der Waals surface area contributed by atoms with Crippen LogP contribution in [0.5, 0.6) is 0 Å². The maximum atomic E-state index is 2.40. The van der Waals surface area contributed by atoms with Gasteiger partial charge in [0.25, 0.3) is 0 Å². The van der Waals surface area contributed by atoms with Crippen molar-refractivity contribution in [2.75, 3.05) is 14.1 Å². The van der Waals surface area contributed by atoms with Gasteiger partial charge in [-0.05, 0) is 38.4 Å². The van der Waals surface area contributed by atoms with Gasteiger partial charge < -0.3 is 4.90 Å². The first-order chi connectivity index (χ1) is 7.29. The Morgan fingerprint density at radius 2 is 1.67 bits per heavy atom. The van der Waals surface area contributed by atoms with Crippen molar-refractivity contribution in [2.45, 2.75) is 37.6 Å². The van der Waals surface area contributed by atoms with E-state index < -0.39 is 0 Å². The summed E-state index contributed by atoms with van der Waals surface area (Å²) in [6, 6.07) is 11.7. The van der Waals surface area contributed by atoms with Crippen LogP contribution in [0.15, 0.2) is 30.3 Å². The number of hydrogen-bond donors (Lipinski definition) is 0. The Hall–Kier alpha value is -0.820. The monoisotopic (exact) mass is 203 g/mol. The fourth-order valence-corrected chi connectivity index (χ4v) is 2.82. The summed E-state index contributed by atoms with van der Waals surface area (Å²) in [6.07, 6.45) is 5.50. The molecule has 0 aromatic heterocycles. The standard InChI is InChI=1S/C14H21N/c1-15(2)14-11-7-6-10-13(14)12-8-4-3-5-9-12/h3-5,8-9,13-14H,6-7,10-11H2,1-2H3/t13-,14+/m0/s1. The maximum Gasteiger partial charge on any atom is 0.0158 e. The lowest BCUT2D eigenvalue weighted by atomic mass is 9.79. The molecule has 0 N–H and O–H groups in total. The van der Waals surface area contributed by atoms with E-state index >= 15 is 0 Å². The normalized spacial score (nSPS) is 26.9. The van der Waals surface area contributed by atoms with E-state index in [9.17, 15) is 0 Å². The number of rotatable bonds is 2. The summed E-state index contributed by atoms with van der Waals surface area (Å²) >= 11 is 0. The Morgan fingerprint density at radius 1 is 1.00 bits per heavy atom. The minimum atomic E-state index is 0.737. The number of hydrogen-bond acceptors (Lipinski definition) is 1. The molecule has 0 unspecified atom stereocenters. The Balaban J connectivity index is 2.18. The van der Waals surface area contributed by atoms with E-state index in [1.165, 1.54) is 31.2 Å². The molecule has 1 saturated carbocycles. The fraction of sp³-hybridized carbons (Fsp3) is 0.571. The topological polar surface area (TPSA) is 3.24 Å². The Morgan fingerprint density at radius 3 is 2.33 bits per heavy atom. The van der Waals surface area contributed by atoms with Crippen LogP contribution in [-0.4, -0.2) is 25.0 Å². The summed E-state index contributed by atoms with van der Waals surface area (Å²) in [7, 11) is 4.43. The van der Waals surface area contributed by atoms with Crippen LogP contribution in [-0.2, 0) is 0 Å². The summed E-state index contributed by atoms with van der Waals surface area (Å²) in [5.41, 5.74) is 1.52. The third kappa shape index (κ3) is 2.40. The first kappa shape index (κ1) is 10.7. The van der Waals surface area contributed by atoms with E-state index in [4.69, 9.17) is 0 Å². The van der Waals surface area contributed by atoms with Crippen LogP contribution in [0.4, 0.5) is 0 Å². The molecule has 82 valence electrons. The zero-order chi connectivity index (χ0) is 10.7. The molecule has 2 atom stereocenters. The van der Waals surface area contributed by atoms with E-state index in [1.807, 2.05) is 0 Å². The molecule has 15 heavy (non-hydrogen) atoms. The van der Waals surface area contributed by atoms with Crippen molar-refractivity contribution in [3.8, 4) is 0 Å². The lowest BCUT2D eigenvalue weighted by molar-refractivity contribution is 0.199. The second-order valence-corrected chi connectivity index (χ2v) is 4.83. The van der Waals surface area contributed by atoms with Crippen molar-refractivity contribution < 1.29 is 0 Å². The third-order valence-corrected chi connectivity index (χ3v) is 3.62. The zero-order valence-corrected chi connectivity index (χ0v) is 9.82. The minimum absolute atomic E-state index is 0.737. The largest absolute Gasteiger partial charge is 0.306 e. The average Bonchev–Trinajstić information content (AvgIpc) is 2.30. The molecule has 1 nitrogen and oxygen atoms in total. The highest BCUT2D eigenvalue weighted by molar-refractivity contribution is 5.21. The highest BCUT2D eigenvalue weighted by Gasteiger charge is 2.27. The quantitative estimate of drug-likeness (QED) is 0.713. The highest BCUT2D eigenvalue weighted by Crippen LogP contribution is 2.34. The van der Waals surface area contributed by atoms with E-state index in [1.54, 1.807) is 0 Å². The molecule has 0 spiro atoms. The molecule has 0 amide bonds. The molecule has 1 aliphatic rings. The molecular weight excluding hydrogens is 182 g/mol. The Bertz CT molecular complexity index is 291. The maximum absolute atomic E-state index is 2.40. The van der Waals surface area contributed by atoms with Crippen molar-refractivity contribution in [2.24, 2.45) is 0 Å². The van der Waals surface area contributed by atoms with E-state index in [0.29, 0.717) is 0 Å². The molecule has 1 aliphatic carbocycles. The van der Waals surface area contributed by atoms with Crippen molar-refractivity contribution in [3.05, 3.63) is 35.9 Å². The molecular formula is C14H21N. The van der Waals surface area contributed by atoms with Gasteiger partial charge in [0.1, 0.15) is 0 Å². The molecule has 0 heterocycles. The van der Waals surface area contributed by atoms with Crippen LogP contribution < -0.4 is 0 Å². The van der Waals surface area contributed by atoms with E-state index in [2.05, 4.69) is 49.3 Å². The average molecular weight is 203 g/mol. The molecule has 1 fully saturated rings.